The van der Waals surface area contributed by atoms with Crippen molar-refractivity contribution in [2.75, 3.05) is 20.8 Å². The normalized spacial score (nSPS) is 21.3. The summed E-state index contributed by atoms with van der Waals surface area (Å²) < 4.78 is 16.3. The number of nitrogens with zero attached hydrogens (tertiary/aromatic N) is 2. The van der Waals surface area contributed by atoms with E-state index in [1.165, 1.54) is 11.8 Å². The summed E-state index contributed by atoms with van der Waals surface area (Å²) in [5, 5.41) is 0.329. The van der Waals surface area contributed by atoms with Gasteiger partial charge in [-0.25, -0.2) is 9.79 Å². The van der Waals surface area contributed by atoms with E-state index in [0.717, 1.165) is 5.56 Å². The standard InChI is InChI=1S/C21H26N2O5S/c1-11(2)10-28-20(25)17-12(3)22-21-23(19(24)13(4)29-21)18(17)14-7-8-15(26-5)16(9-14)27-6/h7-9,11,13,18H,10H2,1-6H3/t13-,18-/m0/s1. The minimum Gasteiger partial charge on any atom is -0.493 e. The summed E-state index contributed by atoms with van der Waals surface area (Å²) >= 11 is 1.39. The molecule has 3 rings (SSSR count). The third-order valence-corrected chi connectivity index (χ3v) is 5.80. The second kappa shape index (κ2) is 8.49. The summed E-state index contributed by atoms with van der Waals surface area (Å²) in [6, 6.07) is 4.75. The van der Waals surface area contributed by atoms with E-state index in [2.05, 4.69) is 4.99 Å². The van der Waals surface area contributed by atoms with Crippen LogP contribution in [0.25, 0.3) is 0 Å². The second-order valence-corrected chi connectivity index (χ2v) is 8.68. The van der Waals surface area contributed by atoms with Crippen molar-refractivity contribution < 1.29 is 23.8 Å². The van der Waals surface area contributed by atoms with Crippen LogP contribution in [0.3, 0.4) is 0 Å². The number of rotatable bonds is 6. The van der Waals surface area contributed by atoms with Crippen molar-refractivity contribution in [3.05, 3.63) is 35.0 Å². The van der Waals surface area contributed by atoms with Crippen LogP contribution in [0.5, 0.6) is 11.5 Å². The Kier molecular flexibility index (Phi) is 6.21. The fourth-order valence-corrected chi connectivity index (χ4v) is 4.35. The van der Waals surface area contributed by atoms with Crippen LogP contribution in [0, 0.1) is 5.92 Å². The summed E-state index contributed by atoms with van der Waals surface area (Å²) in [7, 11) is 3.11. The third kappa shape index (κ3) is 3.99. The van der Waals surface area contributed by atoms with Gasteiger partial charge in [0.15, 0.2) is 16.7 Å². The van der Waals surface area contributed by atoms with Gasteiger partial charge in [-0.05, 0) is 37.5 Å². The molecule has 0 unspecified atom stereocenters. The van der Waals surface area contributed by atoms with E-state index in [0.29, 0.717) is 34.5 Å². The lowest BCUT2D eigenvalue weighted by molar-refractivity contribution is -0.141. The van der Waals surface area contributed by atoms with Gasteiger partial charge in [0.1, 0.15) is 0 Å². The molecule has 7 nitrogen and oxygen atoms in total. The van der Waals surface area contributed by atoms with Crippen molar-refractivity contribution in [3.8, 4) is 11.5 Å². The molecule has 0 bridgehead atoms. The third-order valence-electron chi connectivity index (χ3n) is 4.75. The van der Waals surface area contributed by atoms with E-state index in [4.69, 9.17) is 14.2 Å². The zero-order chi connectivity index (χ0) is 21.3. The largest absolute Gasteiger partial charge is 0.493 e. The molecule has 29 heavy (non-hydrogen) atoms. The number of thioether (sulfide) groups is 1. The Labute approximate surface area is 175 Å². The topological polar surface area (TPSA) is 77.4 Å². The molecule has 0 radical (unpaired) electrons. The Hall–Kier alpha value is -2.48. The number of methoxy groups -OCH3 is 2. The van der Waals surface area contributed by atoms with Crippen LogP contribution >= 0.6 is 11.8 Å². The van der Waals surface area contributed by atoms with Gasteiger partial charge in [-0.3, -0.25) is 9.69 Å². The van der Waals surface area contributed by atoms with Crippen molar-refractivity contribution in [1.29, 1.82) is 0 Å². The summed E-state index contributed by atoms with van der Waals surface area (Å²) in [6.07, 6.45) is 0. The van der Waals surface area contributed by atoms with E-state index in [9.17, 15) is 9.59 Å². The summed E-state index contributed by atoms with van der Waals surface area (Å²) in [5.41, 5.74) is 1.65. The van der Waals surface area contributed by atoms with Gasteiger partial charge < -0.3 is 14.2 Å². The molecule has 0 aliphatic carbocycles. The highest BCUT2D eigenvalue weighted by Crippen LogP contribution is 2.44. The maximum atomic E-state index is 13.0. The lowest BCUT2D eigenvalue weighted by Crippen LogP contribution is -2.40. The zero-order valence-electron chi connectivity index (χ0n) is 17.5. The SMILES string of the molecule is COc1ccc([C@H]2C(C(=O)OCC(C)C)=C(C)N=C3S[C@@H](C)C(=O)N32)cc1OC. The van der Waals surface area contributed by atoms with Crippen LogP contribution in [0.1, 0.15) is 39.3 Å². The molecule has 8 heteroatoms. The number of allylic oxidation sites excluding steroid dienone is 1. The summed E-state index contributed by atoms with van der Waals surface area (Å²) in [4.78, 5) is 32.1. The van der Waals surface area contributed by atoms with Gasteiger partial charge in [0.05, 0.1) is 43.4 Å². The predicted octanol–water partition coefficient (Wildman–Crippen LogP) is 3.55. The number of amidine groups is 1. The monoisotopic (exact) mass is 418 g/mol. The van der Waals surface area contributed by atoms with E-state index >= 15 is 0 Å². The Balaban J connectivity index is 2.11. The average Bonchev–Trinajstić information content (AvgIpc) is 2.97. The van der Waals surface area contributed by atoms with E-state index < -0.39 is 12.0 Å². The molecule has 2 atom stereocenters. The van der Waals surface area contributed by atoms with Crippen molar-refractivity contribution in [2.24, 2.45) is 10.9 Å². The highest BCUT2D eigenvalue weighted by atomic mass is 32.2. The van der Waals surface area contributed by atoms with Crippen LogP contribution in [-0.2, 0) is 14.3 Å². The molecule has 0 saturated carbocycles. The highest BCUT2D eigenvalue weighted by Gasteiger charge is 2.46. The van der Waals surface area contributed by atoms with Gasteiger partial charge in [-0.2, -0.15) is 0 Å². The second-order valence-electron chi connectivity index (χ2n) is 7.37. The Morgan fingerprint density at radius 2 is 1.93 bits per heavy atom. The number of carbonyl (C=O) groups excluding carboxylic acids is 2. The Morgan fingerprint density at radius 3 is 2.55 bits per heavy atom. The molecule has 1 amide bonds. The number of hydrogen-bond donors (Lipinski definition) is 0. The van der Waals surface area contributed by atoms with Crippen molar-refractivity contribution in [2.45, 2.75) is 39.0 Å². The van der Waals surface area contributed by atoms with Crippen LogP contribution < -0.4 is 9.47 Å². The summed E-state index contributed by atoms with van der Waals surface area (Å²) in [5.74, 6) is 0.743. The molecule has 1 aromatic carbocycles. The summed E-state index contributed by atoms with van der Waals surface area (Å²) in [6.45, 7) is 7.85. The number of ether oxygens (including phenoxy) is 3. The van der Waals surface area contributed by atoms with E-state index in [1.54, 1.807) is 38.2 Å². The Bertz CT molecular complexity index is 893. The van der Waals surface area contributed by atoms with Gasteiger partial charge in [0, 0.05) is 0 Å². The van der Waals surface area contributed by atoms with Crippen molar-refractivity contribution in [3.63, 3.8) is 0 Å². The highest BCUT2D eigenvalue weighted by molar-refractivity contribution is 8.15. The molecule has 2 aliphatic rings. The van der Waals surface area contributed by atoms with Crippen LogP contribution in [-0.4, -0.2) is 48.0 Å². The molecular weight excluding hydrogens is 392 g/mol. The lowest BCUT2D eigenvalue weighted by atomic mass is 9.94. The molecule has 0 spiro atoms. The first kappa shape index (κ1) is 21.2. The molecule has 156 valence electrons. The fraction of sp³-hybridized carbons (Fsp3) is 0.476. The van der Waals surface area contributed by atoms with Gasteiger partial charge in [0.25, 0.3) is 0 Å². The van der Waals surface area contributed by atoms with Crippen LogP contribution in [0.15, 0.2) is 34.5 Å². The number of amides is 1. The van der Waals surface area contributed by atoms with Crippen LogP contribution in [0.4, 0.5) is 0 Å². The first-order valence-electron chi connectivity index (χ1n) is 9.46. The minimum atomic E-state index is -0.632. The minimum absolute atomic E-state index is 0.0878. The number of carbonyl (C=O) groups is 2. The maximum absolute atomic E-state index is 13.0. The molecule has 2 aliphatic heterocycles. The van der Waals surface area contributed by atoms with Crippen LogP contribution in [0.2, 0.25) is 0 Å². The maximum Gasteiger partial charge on any atom is 0.338 e. The molecular formula is C21H26N2O5S. The molecule has 1 aromatic rings. The molecule has 0 aromatic heterocycles. The Morgan fingerprint density at radius 1 is 1.24 bits per heavy atom. The number of fused-ring (bicyclic) bond motifs is 1. The smallest absolute Gasteiger partial charge is 0.338 e. The predicted molar refractivity (Wildman–Crippen MR) is 112 cm³/mol. The number of esters is 1. The first-order valence-corrected chi connectivity index (χ1v) is 10.3. The number of aliphatic imine (C=N–C) groups is 1. The van der Waals surface area contributed by atoms with Crippen molar-refractivity contribution in [1.82, 2.24) is 4.90 Å². The van der Waals surface area contributed by atoms with Gasteiger partial charge >= 0.3 is 5.97 Å². The van der Waals surface area contributed by atoms with Crippen molar-refractivity contribution >= 4 is 28.8 Å². The molecule has 1 fully saturated rings. The zero-order valence-corrected chi connectivity index (χ0v) is 18.3. The van der Waals surface area contributed by atoms with E-state index in [1.807, 2.05) is 26.8 Å². The molecule has 2 heterocycles. The lowest BCUT2D eigenvalue weighted by Gasteiger charge is -2.33. The van der Waals surface area contributed by atoms with Gasteiger partial charge in [-0.1, -0.05) is 31.7 Å². The number of benzene rings is 1. The number of hydrogen-bond acceptors (Lipinski definition) is 7. The van der Waals surface area contributed by atoms with E-state index in [-0.39, 0.29) is 17.1 Å². The van der Waals surface area contributed by atoms with Gasteiger partial charge in [-0.15, -0.1) is 0 Å². The first-order chi connectivity index (χ1) is 13.8. The molecule has 0 N–H and O–H groups in total. The fourth-order valence-electron chi connectivity index (χ4n) is 3.32. The average molecular weight is 419 g/mol. The van der Waals surface area contributed by atoms with Gasteiger partial charge in [0.2, 0.25) is 5.91 Å². The quantitative estimate of drug-likeness (QED) is 0.658. The molecule has 1 saturated heterocycles.